The molecule has 0 unspecified atom stereocenters. The molecule has 14 heavy (non-hydrogen) atoms. The van der Waals surface area contributed by atoms with Crippen LogP contribution in [0.4, 0.5) is 14.6 Å². The van der Waals surface area contributed by atoms with Crippen LogP contribution in [0.15, 0.2) is 6.07 Å². The van der Waals surface area contributed by atoms with E-state index in [1.54, 1.807) is 0 Å². The van der Waals surface area contributed by atoms with Gasteiger partial charge < -0.3 is 15.9 Å². The first-order chi connectivity index (χ1) is 6.43. The van der Waals surface area contributed by atoms with Crippen molar-refractivity contribution in [2.45, 2.75) is 6.43 Å². The molecule has 0 aliphatic heterocycles. The lowest BCUT2D eigenvalue weighted by molar-refractivity contribution is 0.0686. The molecule has 4 N–H and O–H groups in total. The zero-order valence-corrected chi connectivity index (χ0v) is 6.74. The van der Waals surface area contributed by atoms with E-state index in [0.29, 0.717) is 0 Å². The number of nitrogens with zero attached hydrogens (tertiary/aromatic N) is 1. The first-order valence-corrected chi connectivity index (χ1v) is 3.44. The van der Waals surface area contributed by atoms with E-state index in [0.717, 1.165) is 6.07 Å². The fourth-order valence-electron chi connectivity index (χ4n) is 0.894. The fraction of sp³-hybridized carbons (Fsp3) is 0.143. The number of pyridine rings is 1. The molecule has 0 atom stereocenters. The Morgan fingerprint density at radius 3 is 2.57 bits per heavy atom. The standard InChI is InChI=1S/C7H6F2N2O3/c8-6(9)2-1-3(10)11-4(5(2)12)7(13)14/h1,6,12H,(H2,10,11)(H,13,14). The van der Waals surface area contributed by atoms with Crippen molar-refractivity contribution in [3.63, 3.8) is 0 Å². The highest BCUT2D eigenvalue weighted by atomic mass is 19.3. The number of aromatic carboxylic acids is 1. The number of aromatic nitrogens is 1. The number of carbonyl (C=O) groups is 1. The van der Waals surface area contributed by atoms with Crippen LogP contribution in [-0.4, -0.2) is 21.2 Å². The molecular formula is C7H6F2N2O3. The van der Waals surface area contributed by atoms with Gasteiger partial charge in [0.2, 0.25) is 0 Å². The monoisotopic (exact) mass is 204 g/mol. The summed E-state index contributed by atoms with van der Waals surface area (Å²) in [7, 11) is 0. The fourth-order valence-corrected chi connectivity index (χ4v) is 0.894. The van der Waals surface area contributed by atoms with Gasteiger partial charge in [-0.3, -0.25) is 0 Å². The number of anilines is 1. The number of halogens is 2. The van der Waals surface area contributed by atoms with Gasteiger partial charge >= 0.3 is 5.97 Å². The smallest absolute Gasteiger partial charge is 0.358 e. The summed E-state index contributed by atoms with van der Waals surface area (Å²) in [6, 6.07) is 0.729. The van der Waals surface area contributed by atoms with Crippen molar-refractivity contribution in [3.05, 3.63) is 17.3 Å². The molecule has 0 amide bonds. The number of carboxylic acid groups (broad SMARTS) is 1. The summed E-state index contributed by atoms with van der Waals surface area (Å²) < 4.78 is 24.4. The van der Waals surface area contributed by atoms with Crippen molar-refractivity contribution >= 4 is 11.8 Å². The van der Waals surface area contributed by atoms with Crippen molar-refractivity contribution in [2.75, 3.05) is 5.73 Å². The molecule has 0 saturated heterocycles. The average molecular weight is 204 g/mol. The molecule has 0 radical (unpaired) electrons. The van der Waals surface area contributed by atoms with E-state index >= 15 is 0 Å². The van der Waals surface area contributed by atoms with Crippen LogP contribution in [0, 0.1) is 0 Å². The van der Waals surface area contributed by atoms with Gasteiger partial charge in [-0.1, -0.05) is 0 Å². The number of hydrogen-bond donors (Lipinski definition) is 3. The molecule has 0 aromatic carbocycles. The third-order valence-electron chi connectivity index (χ3n) is 1.48. The molecular weight excluding hydrogens is 198 g/mol. The van der Waals surface area contributed by atoms with Gasteiger partial charge in [0.15, 0.2) is 11.4 Å². The van der Waals surface area contributed by atoms with Gasteiger partial charge in [0.25, 0.3) is 6.43 Å². The van der Waals surface area contributed by atoms with E-state index in [-0.39, 0.29) is 5.82 Å². The summed E-state index contributed by atoms with van der Waals surface area (Å²) in [6.45, 7) is 0. The van der Waals surface area contributed by atoms with Crippen molar-refractivity contribution in [1.82, 2.24) is 4.98 Å². The average Bonchev–Trinajstić information content (AvgIpc) is 2.07. The number of nitrogens with two attached hydrogens (primary N) is 1. The summed E-state index contributed by atoms with van der Waals surface area (Å²) >= 11 is 0. The number of hydrogen-bond acceptors (Lipinski definition) is 4. The van der Waals surface area contributed by atoms with Crippen molar-refractivity contribution in [1.29, 1.82) is 0 Å². The summed E-state index contributed by atoms with van der Waals surface area (Å²) in [6.07, 6.45) is -3.00. The van der Waals surface area contributed by atoms with Crippen LogP contribution in [0.25, 0.3) is 0 Å². The molecule has 0 aliphatic rings. The normalized spacial score (nSPS) is 10.5. The van der Waals surface area contributed by atoms with Crippen LogP contribution in [0.1, 0.15) is 22.5 Å². The topological polar surface area (TPSA) is 96.4 Å². The van der Waals surface area contributed by atoms with Gasteiger partial charge in [-0.2, -0.15) is 0 Å². The number of nitrogen functional groups attached to an aromatic ring is 1. The maximum Gasteiger partial charge on any atom is 0.358 e. The highest BCUT2D eigenvalue weighted by Crippen LogP contribution is 2.31. The number of aromatic hydroxyl groups is 1. The second-order valence-corrected chi connectivity index (χ2v) is 2.44. The highest BCUT2D eigenvalue weighted by Gasteiger charge is 2.21. The molecule has 1 aromatic rings. The predicted octanol–water partition coefficient (Wildman–Crippen LogP) is 1.01. The Kier molecular flexibility index (Phi) is 2.50. The number of carboxylic acids is 1. The Hall–Kier alpha value is -1.92. The minimum atomic E-state index is -3.00. The van der Waals surface area contributed by atoms with Gasteiger partial charge in [0.1, 0.15) is 5.82 Å². The van der Waals surface area contributed by atoms with Crippen LogP contribution in [0.2, 0.25) is 0 Å². The SMILES string of the molecule is Nc1cc(C(F)F)c(O)c(C(=O)O)n1. The molecule has 0 bridgehead atoms. The quantitative estimate of drug-likeness (QED) is 0.667. The van der Waals surface area contributed by atoms with Crippen molar-refractivity contribution in [2.24, 2.45) is 0 Å². The maximum atomic E-state index is 12.2. The second-order valence-electron chi connectivity index (χ2n) is 2.44. The zero-order valence-electron chi connectivity index (χ0n) is 6.74. The van der Waals surface area contributed by atoms with Crippen LogP contribution in [-0.2, 0) is 0 Å². The molecule has 0 aliphatic carbocycles. The number of rotatable bonds is 2. The Balaban J connectivity index is 3.40. The summed E-state index contributed by atoms with van der Waals surface area (Å²) in [4.78, 5) is 13.6. The minimum absolute atomic E-state index is 0.379. The molecule has 1 rings (SSSR count). The third-order valence-corrected chi connectivity index (χ3v) is 1.48. The van der Waals surface area contributed by atoms with E-state index in [2.05, 4.69) is 4.98 Å². The Morgan fingerprint density at radius 1 is 1.57 bits per heavy atom. The maximum absolute atomic E-state index is 12.2. The molecule has 1 aromatic heterocycles. The minimum Gasteiger partial charge on any atom is -0.505 e. The molecule has 76 valence electrons. The van der Waals surface area contributed by atoms with Gasteiger partial charge in [0.05, 0.1) is 5.56 Å². The highest BCUT2D eigenvalue weighted by molar-refractivity contribution is 5.89. The summed E-state index contributed by atoms with van der Waals surface area (Å²) in [5.41, 5.74) is 3.37. The molecule has 7 heteroatoms. The predicted molar refractivity (Wildman–Crippen MR) is 42.2 cm³/mol. The van der Waals surface area contributed by atoms with E-state index in [4.69, 9.17) is 15.9 Å². The van der Waals surface area contributed by atoms with E-state index in [1.807, 2.05) is 0 Å². The Labute approximate surface area is 76.8 Å². The summed E-state index contributed by atoms with van der Waals surface area (Å²) in [5.74, 6) is -3.05. The van der Waals surface area contributed by atoms with E-state index < -0.39 is 29.4 Å². The van der Waals surface area contributed by atoms with Crippen LogP contribution >= 0.6 is 0 Å². The zero-order chi connectivity index (χ0) is 10.9. The van der Waals surface area contributed by atoms with Gasteiger partial charge in [-0.15, -0.1) is 0 Å². The molecule has 1 heterocycles. The molecule has 0 fully saturated rings. The molecule has 5 nitrogen and oxygen atoms in total. The van der Waals surface area contributed by atoms with Crippen LogP contribution < -0.4 is 5.73 Å². The largest absolute Gasteiger partial charge is 0.505 e. The van der Waals surface area contributed by atoms with Crippen LogP contribution in [0.3, 0.4) is 0 Å². The first-order valence-electron chi connectivity index (χ1n) is 3.44. The van der Waals surface area contributed by atoms with Gasteiger partial charge in [-0.25, -0.2) is 18.6 Å². The lowest BCUT2D eigenvalue weighted by Crippen LogP contribution is -2.06. The Bertz CT molecular complexity index is 381. The third kappa shape index (κ3) is 1.70. The Morgan fingerprint density at radius 2 is 2.14 bits per heavy atom. The molecule has 0 saturated carbocycles. The van der Waals surface area contributed by atoms with E-state index in [1.165, 1.54) is 0 Å². The summed E-state index contributed by atoms with van der Waals surface area (Å²) in [5, 5.41) is 17.5. The van der Waals surface area contributed by atoms with E-state index in [9.17, 15) is 13.6 Å². The lowest BCUT2D eigenvalue weighted by atomic mass is 10.2. The lowest BCUT2D eigenvalue weighted by Gasteiger charge is -2.06. The van der Waals surface area contributed by atoms with Gasteiger partial charge in [-0.05, 0) is 6.07 Å². The van der Waals surface area contributed by atoms with Crippen molar-refractivity contribution in [3.8, 4) is 5.75 Å². The molecule has 0 spiro atoms. The van der Waals surface area contributed by atoms with Crippen molar-refractivity contribution < 1.29 is 23.8 Å². The van der Waals surface area contributed by atoms with Crippen LogP contribution in [0.5, 0.6) is 5.75 Å². The second kappa shape index (κ2) is 3.44. The van der Waals surface area contributed by atoms with Gasteiger partial charge in [0, 0.05) is 0 Å². The number of alkyl halides is 2. The first kappa shape index (κ1) is 10.2.